The van der Waals surface area contributed by atoms with E-state index in [4.69, 9.17) is 0 Å². The van der Waals surface area contributed by atoms with E-state index in [1.165, 1.54) is 22.7 Å². The molecule has 0 spiro atoms. The molecule has 1 heterocycles. The summed E-state index contributed by atoms with van der Waals surface area (Å²) in [5, 5.41) is 11.7. The second-order valence-corrected chi connectivity index (χ2v) is 8.23. The average molecular weight is 402 g/mol. The van der Waals surface area contributed by atoms with Gasteiger partial charge in [0.15, 0.2) is 5.17 Å². The van der Waals surface area contributed by atoms with E-state index in [2.05, 4.69) is 47.5 Å². The van der Waals surface area contributed by atoms with E-state index in [1.807, 2.05) is 43.3 Å². The summed E-state index contributed by atoms with van der Waals surface area (Å²) in [5.74, 6) is 0.111. The zero-order chi connectivity index (χ0) is 20.2. The number of carbonyl (C=O) groups excluding carboxylic acids is 1. The third-order valence-corrected chi connectivity index (χ3v) is 6.48. The Morgan fingerprint density at radius 2 is 1.79 bits per heavy atom. The Hall–Kier alpha value is -2.92. The SMILES string of the molecule is CCC1SC(=NN=Cc2cccc3ccccc23)N(Cc2ccccc2C)C1=O. The number of carbonyl (C=O) groups is 1. The standard InChI is InChI=1S/C24H23N3OS/c1-3-22-23(28)27(16-20-11-5-4-9-17(20)2)24(29-22)26-25-15-19-13-8-12-18-10-6-7-14-21(18)19/h4-15,22H,3,16H2,1-2H3. The van der Waals surface area contributed by atoms with Crippen molar-refractivity contribution in [3.05, 3.63) is 83.4 Å². The van der Waals surface area contributed by atoms with Gasteiger partial charge in [0.1, 0.15) is 0 Å². The van der Waals surface area contributed by atoms with Crippen LogP contribution in [0.1, 0.15) is 30.0 Å². The summed E-state index contributed by atoms with van der Waals surface area (Å²) < 4.78 is 0. The summed E-state index contributed by atoms with van der Waals surface area (Å²) in [6, 6.07) is 22.5. The lowest BCUT2D eigenvalue weighted by Gasteiger charge is -2.17. The lowest BCUT2D eigenvalue weighted by atomic mass is 10.1. The van der Waals surface area contributed by atoms with E-state index in [0.717, 1.165) is 22.9 Å². The fourth-order valence-corrected chi connectivity index (χ4v) is 4.48. The molecule has 1 fully saturated rings. The Bertz CT molecular complexity index is 1100. The second-order valence-electron chi connectivity index (χ2n) is 7.06. The molecule has 0 aliphatic carbocycles. The Labute approximate surface area is 175 Å². The normalized spacial score (nSPS) is 18.4. The number of aryl methyl sites for hydroxylation is 1. The maximum absolute atomic E-state index is 12.8. The maximum Gasteiger partial charge on any atom is 0.242 e. The van der Waals surface area contributed by atoms with Gasteiger partial charge in [-0.1, -0.05) is 85.4 Å². The number of hydrogen-bond donors (Lipinski definition) is 0. The van der Waals surface area contributed by atoms with E-state index < -0.39 is 0 Å². The molecule has 4 nitrogen and oxygen atoms in total. The fourth-order valence-electron chi connectivity index (χ4n) is 3.45. The van der Waals surface area contributed by atoms with Crippen LogP contribution in [0.4, 0.5) is 0 Å². The first-order valence-electron chi connectivity index (χ1n) is 9.78. The van der Waals surface area contributed by atoms with Gasteiger partial charge in [-0.3, -0.25) is 9.69 Å². The smallest absolute Gasteiger partial charge is 0.242 e. The van der Waals surface area contributed by atoms with Gasteiger partial charge in [0.25, 0.3) is 0 Å². The summed E-state index contributed by atoms with van der Waals surface area (Å²) in [7, 11) is 0. The molecule has 29 heavy (non-hydrogen) atoms. The maximum atomic E-state index is 12.8. The molecule has 1 amide bonds. The number of nitrogens with zero attached hydrogens (tertiary/aromatic N) is 3. The molecule has 5 heteroatoms. The van der Waals surface area contributed by atoms with Crippen molar-refractivity contribution in [2.75, 3.05) is 0 Å². The van der Waals surface area contributed by atoms with Crippen molar-refractivity contribution in [1.29, 1.82) is 0 Å². The van der Waals surface area contributed by atoms with Gasteiger partial charge in [0, 0.05) is 5.56 Å². The van der Waals surface area contributed by atoms with Gasteiger partial charge < -0.3 is 0 Å². The Morgan fingerprint density at radius 1 is 1.03 bits per heavy atom. The highest BCUT2D eigenvalue weighted by molar-refractivity contribution is 8.15. The van der Waals surface area contributed by atoms with E-state index in [-0.39, 0.29) is 11.2 Å². The van der Waals surface area contributed by atoms with Crippen LogP contribution in [0.25, 0.3) is 10.8 Å². The molecular formula is C24H23N3OS. The highest BCUT2D eigenvalue weighted by atomic mass is 32.2. The molecular weight excluding hydrogens is 378 g/mol. The number of fused-ring (bicyclic) bond motifs is 1. The Kier molecular flexibility index (Phi) is 5.76. The van der Waals surface area contributed by atoms with Crippen LogP contribution in [0.3, 0.4) is 0 Å². The number of amidine groups is 1. The van der Waals surface area contributed by atoms with Crippen molar-refractivity contribution in [3.63, 3.8) is 0 Å². The third-order valence-electron chi connectivity index (χ3n) is 5.14. The summed E-state index contributed by atoms with van der Waals surface area (Å²) in [5.41, 5.74) is 3.31. The number of benzene rings is 3. The number of amides is 1. The van der Waals surface area contributed by atoms with Crippen LogP contribution in [-0.2, 0) is 11.3 Å². The Morgan fingerprint density at radius 3 is 2.62 bits per heavy atom. The molecule has 0 radical (unpaired) electrons. The third kappa shape index (κ3) is 4.10. The molecule has 0 saturated carbocycles. The van der Waals surface area contributed by atoms with E-state index in [0.29, 0.717) is 11.7 Å². The van der Waals surface area contributed by atoms with Crippen LogP contribution < -0.4 is 0 Å². The second kappa shape index (κ2) is 8.62. The highest BCUT2D eigenvalue weighted by Gasteiger charge is 2.37. The zero-order valence-electron chi connectivity index (χ0n) is 16.6. The largest absolute Gasteiger partial charge is 0.284 e. The van der Waals surface area contributed by atoms with Crippen LogP contribution in [0.15, 0.2) is 76.9 Å². The number of thioether (sulfide) groups is 1. The van der Waals surface area contributed by atoms with Gasteiger partial charge in [-0.05, 0) is 35.2 Å². The highest BCUT2D eigenvalue weighted by Crippen LogP contribution is 2.31. The molecule has 0 N–H and O–H groups in total. The lowest BCUT2D eigenvalue weighted by molar-refractivity contribution is -0.126. The van der Waals surface area contributed by atoms with Crippen molar-refractivity contribution in [3.8, 4) is 0 Å². The fraction of sp³-hybridized carbons (Fsp3) is 0.208. The van der Waals surface area contributed by atoms with Gasteiger partial charge in [-0.25, -0.2) is 0 Å². The average Bonchev–Trinajstić information content (AvgIpc) is 3.04. The Balaban J connectivity index is 1.62. The summed E-state index contributed by atoms with van der Waals surface area (Å²) >= 11 is 1.50. The summed E-state index contributed by atoms with van der Waals surface area (Å²) in [6.07, 6.45) is 2.55. The van der Waals surface area contributed by atoms with Crippen molar-refractivity contribution in [2.45, 2.75) is 32.1 Å². The molecule has 3 aromatic carbocycles. The van der Waals surface area contributed by atoms with Crippen LogP contribution in [0, 0.1) is 6.92 Å². The summed E-state index contributed by atoms with van der Waals surface area (Å²) in [4.78, 5) is 14.6. The molecule has 4 rings (SSSR count). The van der Waals surface area contributed by atoms with Crippen molar-refractivity contribution < 1.29 is 4.79 Å². The van der Waals surface area contributed by atoms with Crippen LogP contribution >= 0.6 is 11.8 Å². The molecule has 1 aliphatic heterocycles. The topological polar surface area (TPSA) is 45.0 Å². The number of rotatable bonds is 5. The first-order valence-corrected chi connectivity index (χ1v) is 10.7. The first-order chi connectivity index (χ1) is 14.2. The van der Waals surface area contributed by atoms with Crippen LogP contribution in [-0.4, -0.2) is 27.4 Å². The minimum absolute atomic E-state index is 0.0921. The zero-order valence-corrected chi connectivity index (χ0v) is 17.4. The van der Waals surface area contributed by atoms with E-state index in [9.17, 15) is 4.79 Å². The van der Waals surface area contributed by atoms with Gasteiger partial charge in [-0.2, -0.15) is 5.10 Å². The molecule has 3 aromatic rings. The predicted molar refractivity (Wildman–Crippen MR) is 122 cm³/mol. The van der Waals surface area contributed by atoms with Crippen LogP contribution in [0.2, 0.25) is 0 Å². The molecule has 1 unspecified atom stereocenters. The summed E-state index contributed by atoms with van der Waals surface area (Å²) in [6.45, 7) is 4.62. The van der Waals surface area contributed by atoms with Crippen LogP contribution in [0.5, 0.6) is 0 Å². The quantitative estimate of drug-likeness (QED) is 0.425. The minimum atomic E-state index is -0.0921. The molecule has 146 valence electrons. The van der Waals surface area contributed by atoms with E-state index in [1.54, 1.807) is 11.1 Å². The van der Waals surface area contributed by atoms with Crippen molar-refractivity contribution in [1.82, 2.24) is 4.90 Å². The van der Waals surface area contributed by atoms with Gasteiger partial charge in [0.2, 0.25) is 5.91 Å². The molecule has 1 atom stereocenters. The molecule has 0 bridgehead atoms. The van der Waals surface area contributed by atoms with Crippen molar-refractivity contribution >= 4 is 39.8 Å². The first kappa shape index (κ1) is 19.4. The molecule has 1 saturated heterocycles. The van der Waals surface area contributed by atoms with Gasteiger partial charge >= 0.3 is 0 Å². The van der Waals surface area contributed by atoms with E-state index >= 15 is 0 Å². The molecule has 0 aromatic heterocycles. The lowest BCUT2D eigenvalue weighted by Crippen LogP contribution is -2.31. The molecule has 1 aliphatic rings. The van der Waals surface area contributed by atoms with Crippen molar-refractivity contribution in [2.24, 2.45) is 10.2 Å². The van der Waals surface area contributed by atoms with Gasteiger partial charge in [-0.15, -0.1) is 5.10 Å². The minimum Gasteiger partial charge on any atom is -0.284 e. The predicted octanol–water partition coefficient (Wildman–Crippen LogP) is 5.39. The van der Waals surface area contributed by atoms with Gasteiger partial charge in [0.05, 0.1) is 18.0 Å². The monoisotopic (exact) mass is 401 g/mol. The number of hydrogen-bond acceptors (Lipinski definition) is 4.